The summed E-state index contributed by atoms with van der Waals surface area (Å²) in [5.74, 6) is 2.20. The summed E-state index contributed by atoms with van der Waals surface area (Å²) < 4.78 is 11.0. The summed E-state index contributed by atoms with van der Waals surface area (Å²) >= 11 is 0. The molecular weight excluding hydrogens is 431 g/mol. The van der Waals surface area contributed by atoms with Gasteiger partial charge in [0.1, 0.15) is 0 Å². The molecule has 2 heterocycles. The zero-order chi connectivity index (χ0) is 17.2. The lowest BCUT2D eigenvalue weighted by atomic mass is 10.1. The number of guanidine groups is 1. The van der Waals surface area contributed by atoms with Crippen LogP contribution in [0, 0.1) is 5.92 Å². The molecule has 1 atom stereocenters. The van der Waals surface area contributed by atoms with E-state index in [-0.39, 0.29) is 24.0 Å². The molecule has 0 radical (unpaired) electrons. The van der Waals surface area contributed by atoms with Crippen molar-refractivity contribution >= 4 is 29.9 Å². The van der Waals surface area contributed by atoms with Gasteiger partial charge in [0.25, 0.3) is 0 Å². The lowest BCUT2D eigenvalue weighted by molar-refractivity contribution is 0.181. The third-order valence-corrected chi connectivity index (χ3v) is 3.92. The summed E-state index contributed by atoms with van der Waals surface area (Å²) in [6, 6.07) is 3.93. The smallest absolute Gasteiger partial charge is 0.213 e. The summed E-state index contributed by atoms with van der Waals surface area (Å²) in [5.41, 5.74) is 1.08. The molecule has 1 fully saturated rings. The highest BCUT2D eigenvalue weighted by Crippen LogP contribution is 2.13. The van der Waals surface area contributed by atoms with Gasteiger partial charge in [-0.15, -0.1) is 24.0 Å². The van der Waals surface area contributed by atoms with E-state index in [1.54, 1.807) is 0 Å². The van der Waals surface area contributed by atoms with Crippen LogP contribution in [0.15, 0.2) is 23.3 Å². The van der Waals surface area contributed by atoms with Crippen LogP contribution in [0.4, 0.5) is 0 Å². The summed E-state index contributed by atoms with van der Waals surface area (Å²) in [7, 11) is 2.08. The van der Waals surface area contributed by atoms with Crippen molar-refractivity contribution < 1.29 is 9.47 Å². The van der Waals surface area contributed by atoms with E-state index in [1.807, 2.05) is 18.3 Å². The van der Waals surface area contributed by atoms with Crippen molar-refractivity contribution in [3.63, 3.8) is 0 Å². The van der Waals surface area contributed by atoms with Crippen LogP contribution >= 0.6 is 24.0 Å². The maximum atomic E-state index is 5.51. The molecule has 0 aromatic carbocycles. The molecule has 1 aliphatic heterocycles. The molecule has 1 aliphatic rings. The van der Waals surface area contributed by atoms with Gasteiger partial charge < -0.3 is 19.7 Å². The Morgan fingerprint density at radius 1 is 1.44 bits per heavy atom. The first kappa shape index (κ1) is 22.0. The minimum atomic E-state index is 0. The van der Waals surface area contributed by atoms with Crippen LogP contribution in [0.5, 0.6) is 5.88 Å². The maximum Gasteiger partial charge on any atom is 0.213 e. The highest BCUT2D eigenvalue weighted by molar-refractivity contribution is 14.0. The number of ether oxygens (including phenoxy) is 2. The Morgan fingerprint density at radius 3 is 2.88 bits per heavy atom. The molecule has 0 amide bonds. The average Bonchev–Trinajstić information content (AvgIpc) is 3.10. The molecule has 1 unspecified atom stereocenters. The molecule has 1 aromatic rings. The van der Waals surface area contributed by atoms with Gasteiger partial charge in [-0.2, -0.15) is 0 Å². The Kier molecular flexibility index (Phi) is 10.8. The fourth-order valence-corrected chi connectivity index (χ4v) is 2.63. The van der Waals surface area contributed by atoms with Gasteiger partial charge in [0.2, 0.25) is 5.88 Å². The number of nitrogens with zero attached hydrogens (tertiary/aromatic N) is 3. The van der Waals surface area contributed by atoms with E-state index >= 15 is 0 Å². The van der Waals surface area contributed by atoms with Crippen LogP contribution in [0.1, 0.15) is 32.3 Å². The first-order valence-electron chi connectivity index (χ1n) is 8.87. The van der Waals surface area contributed by atoms with Crippen LogP contribution in [0.25, 0.3) is 0 Å². The molecule has 1 N–H and O–H groups in total. The highest BCUT2D eigenvalue weighted by Gasteiger charge is 2.19. The van der Waals surface area contributed by atoms with Crippen LogP contribution in [0.3, 0.4) is 0 Å². The molecule has 2 rings (SSSR count). The van der Waals surface area contributed by atoms with Gasteiger partial charge in [-0.3, -0.25) is 0 Å². The molecule has 0 aliphatic carbocycles. The summed E-state index contributed by atoms with van der Waals surface area (Å²) in [6.07, 6.45) is 3.95. The van der Waals surface area contributed by atoms with Gasteiger partial charge in [0.15, 0.2) is 5.96 Å². The quantitative estimate of drug-likeness (QED) is 0.366. The van der Waals surface area contributed by atoms with Crippen molar-refractivity contribution in [2.45, 2.75) is 33.2 Å². The second-order valence-corrected chi connectivity index (χ2v) is 6.13. The van der Waals surface area contributed by atoms with Gasteiger partial charge in [-0.1, -0.05) is 13.0 Å². The molecule has 1 saturated heterocycles. The van der Waals surface area contributed by atoms with E-state index < -0.39 is 0 Å². The van der Waals surface area contributed by atoms with Crippen LogP contribution in [-0.2, 0) is 11.3 Å². The van der Waals surface area contributed by atoms with Crippen LogP contribution < -0.4 is 10.1 Å². The Bertz CT molecular complexity index is 504. The molecule has 6 nitrogen and oxygen atoms in total. The number of aliphatic imine (C=N–C) groups is 1. The van der Waals surface area contributed by atoms with Crippen LogP contribution in [-0.4, -0.2) is 55.8 Å². The molecule has 1 aromatic heterocycles. The topological polar surface area (TPSA) is 59.0 Å². The van der Waals surface area contributed by atoms with E-state index in [0.29, 0.717) is 24.9 Å². The second kappa shape index (κ2) is 12.3. The lowest BCUT2D eigenvalue weighted by Crippen LogP contribution is -2.41. The minimum absolute atomic E-state index is 0. The number of aromatic nitrogens is 1. The molecule has 0 bridgehead atoms. The van der Waals surface area contributed by atoms with Gasteiger partial charge in [-0.05, 0) is 25.3 Å². The zero-order valence-corrected chi connectivity index (χ0v) is 17.9. The van der Waals surface area contributed by atoms with Crippen molar-refractivity contribution in [2.24, 2.45) is 10.9 Å². The van der Waals surface area contributed by atoms with Crippen molar-refractivity contribution in [1.82, 2.24) is 15.2 Å². The molecule has 25 heavy (non-hydrogen) atoms. The van der Waals surface area contributed by atoms with E-state index in [1.165, 1.54) is 0 Å². The number of rotatable bonds is 8. The fraction of sp³-hybridized carbons (Fsp3) is 0.667. The Morgan fingerprint density at radius 2 is 2.28 bits per heavy atom. The molecule has 142 valence electrons. The summed E-state index contributed by atoms with van der Waals surface area (Å²) in [5, 5.41) is 3.36. The van der Waals surface area contributed by atoms with Gasteiger partial charge in [-0.25, -0.2) is 9.98 Å². The third-order valence-electron chi connectivity index (χ3n) is 3.92. The summed E-state index contributed by atoms with van der Waals surface area (Å²) in [6.45, 7) is 9.03. The monoisotopic (exact) mass is 462 g/mol. The first-order chi connectivity index (χ1) is 11.7. The van der Waals surface area contributed by atoms with Crippen molar-refractivity contribution in [1.29, 1.82) is 0 Å². The first-order valence-corrected chi connectivity index (χ1v) is 8.87. The highest BCUT2D eigenvalue weighted by atomic mass is 127. The van der Waals surface area contributed by atoms with Gasteiger partial charge in [0, 0.05) is 44.9 Å². The zero-order valence-electron chi connectivity index (χ0n) is 15.5. The average molecular weight is 462 g/mol. The number of halogens is 1. The van der Waals surface area contributed by atoms with E-state index in [0.717, 1.165) is 50.7 Å². The number of nitrogens with one attached hydrogen (secondary N) is 1. The van der Waals surface area contributed by atoms with E-state index in [4.69, 9.17) is 14.5 Å². The minimum Gasteiger partial charge on any atom is -0.478 e. The number of hydrogen-bond donors (Lipinski definition) is 1. The normalized spacial score (nSPS) is 17.1. The molecular formula is C18H31IN4O2. The SMILES string of the molecule is CCCOc1ccc(CN=C(NCC)N(C)CC2CCOC2)cn1.I. The second-order valence-electron chi connectivity index (χ2n) is 6.13. The number of hydrogen-bond acceptors (Lipinski definition) is 4. The molecule has 0 spiro atoms. The molecule has 7 heteroatoms. The third kappa shape index (κ3) is 7.77. The van der Waals surface area contributed by atoms with Crippen molar-refractivity contribution in [2.75, 3.05) is 40.0 Å². The van der Waals surface area contributed by atoms with Gasteiger partial charge >= 0.3 is 0 Å². The predicted molar refractivity (Wildman–Crippen MR) is 112 cm³/mol. The largest absolute Gasteiger partial charge is 0.478 e. The van der Waals surface area contributed by atoms with Crippen molar-refractivity contribution in [3.05, 3.63) is 23.9 Å². The predicted octanol–water partition coefficient (Wildman–Crippen LogP) is 2.92. The van der Waals surface area contributed by atoms with E-state index in [2.05, 4.69) is 36.1 Å². The van der Waals surface area contributed by atoms with Crippen LogP contribution in [0.2, 0.25) is 0 Å². The van der Waals surface area contributed by atoms with Gasteiger partial charge in [0.05, 0.1) is 19.8 Å². The molecule has 0 saturated carbocycles. The Balaban J connectivity index is 0.00000312. The lowest BCUT2D eigenvalue weighted by Gasteiger charge is -2.24. The fourth-order valence-electron chi connectivity index (χ4n) is 2.63. The Hall–Kier alpha value is -1.09. The maximum absolute atomic E-state index is 5.51. The number of pyridine rings is 1. The Labute approximate surface area is 168 Å². The standard InChI is InChI=1S/C18H30N4O2.HI/c1-4-9-24-17-7-6-15(11-20-17)12-21-18(19-5-2)22(3)13-16-8-10-23-14-16;/h6-7,11,16H,4-5,8-10,12-14H2,1-3H3,(H,19,21);1H. The summed E-state index contributed by atoms with van der Waals surface area (Å²) in [4.78, 5) is 11.2. The van der Waals surface area contributed by atoms with E-state index in [9.17, 15) is 0 Å². The van der Waals surface area contributed by atoms with Crippen molar-refractivity contribution in [3.8, 4) is 5.88 Å².